The number of hydrogen-bond acceptors (Lipinski definition) is 5. The van der Waals surface area contributed by atoms with Gasteiger partial charge in [0.1, 0.15) is 0 Å². The van der Waals surface area contributed by atoms with Crippen LogP contribution >= 0.6 is 0 Å². The smallest absolute Gasteiger partial charge is 0.0735 e. The van der Waals surface area contributed by atoms with Gasteiger partial charge in [0.05, 0.1) is 32.5 Å². The van der Waals surface area contributed by atoms with E-state index in [9.17, 15) is 5.11 Å². The van der Waals surface area contributed by atoms with Crippen molar-refractivity contribution in [2.45, 2.75) is 20.0 Å². The van der Waals surface area contributed by atoms with Gasteiger partial charge < -0.3 is 25.5 Å². The van der Waals surface area contributed by atoms with E-state index in [1.165, 1.54) is 13.8 Å². The van der Waals surface area contributed by atoms with E-state index >= 15 is 0 Å². The first-order chi connectivity index (χ1) is 6.40. The van der Waals surface area contributed by atoms with E-state index in [1.807, 2.05) is 0 Å². The Kier molecular flexibility index (Phi) is 4.97. The highest BCUT2D eigenvalue weighted by molar-refractivity contribution is 4.92. The Morgan fingerprint density at radius 3 is 1.14 bits per heavy atom. The molecule has 0 aromatic rings. The number of hydrogen-bond donors (Lipinski definition) is 5. The first kappa shape index (κ1) is 13.8. The fourth-order valence-corrected chi connectivity index (χ4v) is 1.29. The Balaban J connectivity index is 4.80. The van der Waals surface area contributed by atoms with Gasteiger partial charge in [-0.05, 0) is 0 Å². The summed E-state index contributed by atoms with van der Waals surface area (Å²) in [6.07, 6.45) is -1.18. The molecule has 0 aromatic carbocycles. The lowest BCUT2D eigenvalue weighted by Crippen LogP contribution is -2.52. The molecule has 0 atom stereocenters. The van der Waals surface area contributed by atoms with Crippen LogP contribution in [0.5, 0.6) is 0 Å². The van der Waals surface area contributed by atoms with Crippen molar-refractivity contribution in [1.29, 1.82) is 0 Å². The maximum absolute atomic E-state index is 9.85. The summed E-state index contributed by atoms with van der Waals surface area (Å²) >= 11 is 0. The average Bonchev–Trinajstić information content (AvgIpc) is 2.25. The first-order valence-corrected chi connectivity index (χ1v) is 4.51. The molecule has 0 saturated heterocycles. The van der Waals surface area contributed by atoms with Gasteiger partial charge in [-0.1, -0.05) is 13.8 Å². The van der Waals surface area contributed by atoms with Gasteiger partial charge in [-0.15, -0.1) is 0 Å². The fraction of sp³-hybridized carbons (Fsp3) is 1.00. The zero-order valence-corrected chi connectivity index (χ0v) is 8.64. The SMILES string of the molecule is CC(CO)(CO)C(O)C(C)(CO)CO. The normalized spacial score (nSPS) is 13.7. The van der Waals surface area contributed by atoms with Crippen molar-refractivity contribution in [2.24, 2.45) is 10.8 Å². The lowest BCUT2D eigenvalue weighted by molar-refractivity contribution is -0.131. The minimum atomic E-state index is -1.18. The van der Waals surface area contributed by atoms with Crippen molar-refractivity contribution < 1.29 is 25.5 Å². The van der Waals surface area contributed by atoms with Crippen LogP contribution in [0.4, 0.5) is 0 Å². The summed E-state index contributed by atoms with van der Waals surface area (Å²) in [6.45, 7) is 1.31. The predicted molar refractivity (Wildman–Crippen MR) is 50.6 cm³/mol. The summed E-state index contributed by atoms with van der Waals surface area (Å²) in [6, 6.07) is 0. The Bertz CT molecular complexity index is 145. The van der Waals surface area contributed by atoms with Gasteiger partial charge in [-0.25, -0.2) is 0 Å². The zero-order valence-electron chi connectivity index (χ0n) is 8.64. The van der Waals surface area contributed by atoms with Crippen LogP contribution in [-0.4, -0.2) is 58.1 Å². The van der Waals surface area contributed by atoms with Crippen molar-refractivity contribution in [3.8, 4) is 0 Å². The molecule has 0 unspecified atom stereocenters. The minimum Gasteiger partial charge on any atom is -0.396 e. The molecule has 0 radical (unpaired) electrons. The van der Waals surface area contributed by atoms with E-state index < -0.39 is 43.4 Å². The molecule has 0 spiro atoms. The Hall–Kier alpha value is -0.200. The van der Waals surface area contributed by atoms with Crippen molar-refractivity contribution in [3.05, 3.63) is 0 Å². The van der Waals surface area contributed by atoms with Gasteiger partial charge in [0.15, 0.2) is 0 Å². The van der Waals surface area contributed by atoms with Crippen LogP contribution in [0, 0.1) is 10.8 Å². The van der Waals surface area contributed by atoms with Crippen LogP contribution in [0.25, 0.3) is 0 Å². The summed E-state index contributed by atoms with van der Waals surface area (Å²) in [5.74, 6) is 0. The fourth-order valence-electron chi connectivity index (χ4n) is 1.29. The molecule has 5 heteroatoms. The van der Waals surface area contributed by atoms with Crippen molar-refractivity contribution in [3.63, 3.8) is 0 Å². The zero-order chi connectivity index (χ0) is 11.4. The summed E-state index contributed by atoms with van der Waals surface area (Å²) in [4.78, 5) is 0. The second-order valence-corrected chi connectivity index (χ2v) is 4.34. The third-order valence-electron chi connectivity index (χ3n) is 2.77. The molecule has 0 aromatic heterocycles. The van der Waals surface area contributed by atoms with Gasteiger partial charge >= 0.3 is 0 Å². The van der Waals surface area contributed by atoms with E-state index in [0.717, 1.165) is 0 Å². The lowest BCUT2D eigenvalue weighted by atomic mass is 9.71. The molecule has 14 heavy (non-hydrogen) atoms. The monoisotopic (exact) mass is 208 g/mol. The lowest BCUT2D eigenvalue weighted by Gasteiger charge is -2.41. The quantitative estimate of drug-likeness (QED) is 0.359. The van der Waals surface area contributed by atoms with Crippen molar-refractivity contribution in [2.75, 3.05) is 26.4 Å². The Labute approximate surface area is 83.6 Å². The minimum absolute atomic E-state index is 0.416. The van der Waals surface area contributed by atoms with Crippen LogP contribution in [0.1, 0.15) is 13.8 Å². The van der Waals surface area contributed by atoms with E-state index in [1.54, 1.807) is 0 Å². The molecule has 0 fully saturated rings. The maximum atomic E-state index is 9.85. The number of rotatable bonds is 6. The van der Waals surface area contributed by atoms with Gasteiger partial charge in [0.2, 0.25) is 0 Å². The molecule has 86 valence electrons. The van der Waals surface area contributed by atoms with E-state index in [4.69, 9.17) is 20.4 Å². The number of aliphatic hydroxyl groups is 5. The molecule has 0 amide bonds. The topological polar surface area (TPSA) is 101 Å². The van der Waals surface area contributed by atoms with E-state index in [-0.39, 0.29) is 0 Å². The molecule has 0 aliphatic rings. The van der Waals surface area contributed by atoms with Gasteiger partial charge in [-0.3, -0.25) is 0 Å². The molecule has 0 aliphatic carbocycles. The highest BCUT2D eigenvalue weighted by atomic mass is 16.3. The predicted octanol–water partition coefficient (Wildman–Crippen LogP) is -1.67. The van der Waals surface area contributed by atoms with Gasteiger partial charge in [-0.2, -0.15) is 0 Å². The summed E-state index contributed by atoms with van der Waals surface area (Å²) in [7, 11) is 0. The third-order valence-corrected chi connectivity index (χ3v) is 2.77. The Morgan fingerprint density at radius 2 is 1.00 bits per heavy atom. The van der Waals surface area contributed by atoms with Crippen LogP contribution in [0.3, 0.4) is 0 Å². The molecule has 0 aliphatic heterocycles. The molecule has 0 rings (SSSR count). The van der Waals surface area contributed by atoms with Gasteiger partial charge in [0.25, 0.3) is 0 Å². The molecule has 0 bridgehead atoms. The van der Waals surface area contributed by atoms with Gasteiger partial charge in [0, 0.05) is 10.8 Å². The second kappa shape index (κ2) is 5.04. The largest absolute Gasteiger partial charge is 0.396 e. The first-order valence-electron chi connectivity index (χ1n) is 4.51. The highest BCUT2D eigenvalue weighted by Gasteiger charge is 2.44. The van der Waals surface area contributed by atoms with Crippen molar-refractivity contribution in [1.82, 2.24) is 0 Å². The molecule has 5 N–H and O–H groups in total. The van der Waals surface area contributed by atoms with Crippen LogP contribution < -0.4 is 0 Å². The Morgan fingerprint density at radius 1 is 0.786 bits per heavy atom. The third kappa shape index (κ3) is 2.43. The molecule has 0 saturated carbocycles. The number of aliphatic hydroxyl groups excluding tert-OH is 5. The van der Waals surface area contributed by atoms with Crippen LogP contribution in [0.15, 0.2) is 0 Å². The highest BCUT2D eigenvalue weighted by Crippen LogP contribution is 2.33. The van der Waals surface area contributed by atoms with E-state index in [0.29, 0.717) is 0 Å². The molecule has 0 heterocycles. The summed E-state index contributed by atoms with van der Waals surface area (Å²) < 4.78 is 0. The second-order valence-electron chi connectivity index (χ2n) is 4.34. The van der Waals surface area contributed by atoms with Crippen LogP contribution in [-0.2, 0) is 0 Å². The molecule has 5 nitrogen and oxygen atoms in total. The summed E-state index contributed by atoms with van der Waals surface area (Å²) in [5, 5.41) is 46.0. The molecular formula is C9H20O5. The standard InChI is InChI=1S/C9H20O5/c1-8(3-10,4-11)7(14)9(2,5-12)6-13/h7,10-14H,3-6H2,1-2H3. The maximum Gasteiger partial charge on any atom is 0.0735 e. The average molecular weight is 208 g/mol. The summed E-state index contributed by atoms with van der Waals surface area (Å²) in [5.41, 5.74) is -2.25. The van der Waals surface area contributed by atoms with E-state index in [2.05, 4.69) is 0 Å². The van der Waals surface area contributed by atoms with Crippen molar-refractivity contribution >= 4 is 0 Å². The molecular weight excluding hydrogens is 188 g/mol. The van der Waals surface area contributed by atoms with Crippen LogP contribution in [0.2, 0.25) is 0 Å².